The maximum absolute atomic E-state index is 12.5. The van der Waals surface area contributed by atoms with E-state index in [0.717, 1.165) is 38.2 Å². The minimum absolute atomic E-state index is 0.0538. The van der Waals surface area contributed by atoms with E-state index in [1.54, 1.807) is 24.0 Å². The maximum Gasteiger partial charge on any atom is 0.255 e. The number of aliphatic hydroxyl groups is 1. The molecule has 3 heterocycles. The lowest BCUT2D eigenvalue weighted by molar-refractivity contribution is 0.0680. The first-order valence-corrected chi connectivity index (χ1v) is 8.33. The molecule has 128 valence electrons. The van der Waals surface area contributed by atoms with E-state index in [9.17, 15) is 9.90 Å². The fraction of sp³-hybridized carbons (Fsp3) is 0.529. The van der Waals surface area contributed by atoms with Crippen molar-refractivity contribution in [2.24, 2.45) is 5.92 Å². The molecule has 0 saturated carbocycles. The fourth-order valence-corrected chi connectivity index (χ4v) is 2.95. The Labute approximate surface area is 141 Å². The van der Waals surface area contributed by atoms with Gasteiger partial charge in [0.1, 0.15) is 5.69 Å². The van der Waals surface area contributed by atoms with E-state index in [1.807, 2.05) is 24.0 Å². The zero-order valence-corrected chi connectivity index (χ0v) is 14.1. The van der Waals surface area contributed by atoms with Gasteiger partial charge < -0.3 is 10.0 Å². The lowest BCUT2D eigenvalue weighted by atomic mass is 9.96. The van der Waals surface area contributed by atoms with Crippen LogP contribution in [0, 0.1) is 12.8 Å². The van der Waals surface area contributed by atoms with Gasteiger partial charge in [0.2, 0.25) is 0 Å². The van der Waals surface area contributed by atoms with Gasteiger partial charge in [0.05, 0.1) is 17.9 Å². The second-order valence-electron chi connectivity index (χ2n) is 6.47. The van der Waals surface area contributed by atoms with Gasteiger partial charge in [0, 0.05) is 31.5 Å². The van der Waals surface area contributed by atoms with Crippen molar-refractivity contribution < 1.29 is 9.90 Å². The Kier molecular flexibility index (Phi) is 4.89. The SMILES string of the molecule is Cc1ccc(C(=O)N2CCC(Cn3cc([C@@H](C)O)nn3)CC2)cn1. The van der Waals surface area contributed by atoms with Crippen molar-refractivity contribution in [3.05, 3.63) is 41.5 Å². The standard InChI is InChI=1S/C17H23N5O2/c1-12-3-4-15(9-18-12)17(24)21-7-5-14(6-8-21)10-22-11-16(13(2)23)19-20-22/h3-4,9,11,13-14,23H,5-8,10H2,1-2H3/t13-/m1/s1. The van der Waals surface area contributed by atoms with Crippen molar-refractivity contribution in [2.75, 3.05) is 13.1 Å². The molecule has 0 bridgehead atoms. The molecule has 1 atom stereocenters. The molecule has 0 aromatic carbocycles. The smallest absolute Gasteiger partial charge is 0.255 e. The lowest BCUT2D eigenvalue weighted by Gasteiger charge is -2.31. The molecule has 3 rings (SSSR count). The molecule has 1 fully saturated rings. The highest BCUT2D eigenvalue weighted by molar-refractivity contribution is 5.93. The minimum Gasteiger partial charge on any atom is -0.387 e. The molecule has 0 aliphatic carbocycles. The van der Waals surface area contributed by atoms with Gasteiger partial charge in [-0.2, -0.15) is 0 Å². The monoisotopic (exact) mass is 329 g/mol. The van der Waals surface area contributed by atoms with E-state index in [0.29, 0.717) is 17.2 Å². The quantitative estimate of drug-likeness (QED) is 0.921. The summed E-state index contributed by atoms with van der Waals surface area (Å²) in [5.41, 5.74) is 2.15. The molecule has 7 nitrogen and oxygen atoms in total. The average molecular weight is 329 g/mol. The highest BCUT2D eigenvalue weighted by atomic mass is 16.3. The van der Waals surface area contributed by atoms with Crippen LogP contribution >= 0.6 is 0 Å². The predicted octanol–water partition coefficient (Wildman–Crippen LogP) is 1.59. The van der Waals surface area contributed by atoms with Crippen molar-refractivity contribution in [1.82, 2.24) is 24.9 Å². The van der Waals surface area contributed by atoms with Crippen LogP contribution in [0.4, 0.5) is 0 Å². The second kappa shape index (κ2) is 7.09. The second-order valence-corrected chi connectivity index (χ2v) is 6.47. The van der Waals surface area contributed by atoms with Crippen LogP contribution in [0.3, 0.4) is 0 Å². The molecule has 0 unspecified atom stereocenters. The molecule has 24 heavy (non-hydrogen) atoms. The molecular weight excluding hydrogens is 306 g/mol. The highest BCUT2D eigenvalue weighted by Crippen LogP contribution is 2.21. The van der Waals surface area contributed by atoms with Crippen LogP contribution in [0.1, 0.15) is 47.6 Å². The van der Waals surface area contributed by atoms with Crippen LogP contribution in [-0.4, -0.2) is 49.0 Å². The van der Waals surface area contributed by atoms with Gasteiger partial charge in [-0.05, 0) is 44.7 Å². The summed E-state index contributed by atoms with van der Waals surface area (Å²) in [6.45, 7) is 5.85. The van der Waals surface area contributed by atoms with Crippen LogP contribution in [0.2, 0.25) is 0 Å². The zero-order valence-electron chi connectivity index (χ0n) is 14.1. The first-order chi connectivity index (χ1) is 11.5. The Hall–Kier alpha value is -2.28. The number of nitrogens with zero attached hydrogens (tertiary/aromatic N) is 5. The van der Waals surface area contributed by atoms with Gasteiger partial charge in [-0.1, -0.05) is 5.21 Å². The minimum atomic E-state index is -0.596. The number of aryl methyl sites for hydroxylation is 1. The highest BCUT2D eigenvalue weighted by Gasteiger charge is 2.24. The van der Waals surface area contributed by atoms with E-state index in [1.165, 1.54) is 0 Å². The number of rotatable bonds is 4. The molecule has 0 spiro atoms. The van der Waals surface area contributed by atoms with Gasteiger partial charge in [-0.25, -0.2) is 0 Å². The Balaban J connectivity index is 1.53. The predicted molar refractivity (Wildman–Crippen MR) is 88.3 cm³/mol. The summed E-state index contributed by atoms with van der Waals surface area (Å²) in [7, 11) is 0. The van der Waals surface area contributed by atoms with Crippen molar-refractivity contribution in [3.63, 3.8) is 0 Å². The summed E-state index contributed by atoms with van der Waals surface area (Å²) >= 11 is 0. The number of hydrogen-bond donors (Lipinski definition) is 1. The molecule has 1 N–H and O–H groups in total. The fourth-order valence-electron chi connectivity index (χ4n) is 2.95. The number of piperidine rings is 1. The first kappa shape index (κ1) is 16.6. The third-order valence-corrected chi connectivity index (χ3v) is 4.49. The summed E-state index contributed by atoms with van der Waals surface area (Å²) in [6, 6.07) is 3.70. The van der Waals surface area contributed by atoms with E-state index in [-0.39, 0.29) is 5.91 Å². The average Bonchev–Trinajstić information content (AvgIpc) is 3.04. The Morgan fingerprint density at radius 1 is 1.38 bits per heavy atom. The van der Waals surface area contributed by atoms with Gasteiger partial charge in [-0.15, -0.1) is 5.10 Å². The molecule has 2 aromatic heterocycles. The number of carbonyl (C=O) groups is 1. The largest absolute Gasteiger partial charge is 0.387 e. The third-order valence-electron chi connectivity index (χ3n) is 4.49. The first-order valence-electron chi connectivity index (χ1n) is 8.33. The van der Waals surface area contributed by atoms with E-state index < -0.39 is 6.10 Å². The van der Waals surface area contributed by atoms with Crippen LogP contribution in [-0.2, 0) is 6.54 Å². The van der Waals surface area contributed by atoms with Crippen molar-refractivity contribution >= 4 is 5.91 Å². The Bertz CT molecular complexity index is 687. The van der Waals surface area contributed by atoms with Crippen molar-refractivity contribution in [3.8, 4) is 0 Å². The van der Waals surface area contributed by atoms with Gasteiger partial charge in [-0.3, -0.25) is 14.5 Å². The molecule has 1 saturated heterocycles. The molecule has 0 radical (unpaired) electrons. The van der Waals surface area contributed by atoms with Crippen LogP contribution in [0.25, 0.3) is 0 Å². The number of aromatic nitrogens is 4. The molecule has 1 amide bonds. The summed E-state index contributed by atoms with van der Waals surface area (Å²) in [5.74, 6) is 0.520. The van der Waals surface area contributed by atoms with Gasteiger partial charge in [0.25, 0.3) is 5.91 Å². The van der Waals surface area contributed by atoms with E-state index in [4.69, 9.17) is 0 Å². The Morgan fingerprint density at radius 3 is 2.71 bits per heavy atom. The Morgan fingerprint density at radius 2 is 2.12 bits per heavy atom. The number of carbonyl (C=O) groups excluding carboxylic acids is 1. The van der Waals surface area contributed by atoms with Crippen molar-refractivity contribution in [1.29, 1.82) is 0 Å². The van der Waals surface area contributed by atoms with Crippen molar-refractivity contribution in [2.45, 2.75) is 39.3 Å². The van der Waals surface area contributed by atoms with Crippen LogP contribution < -0.4 is 0 Å². The molecule has 2 aromatic rings. The number of aliphatic hydroxyl groups excluding tert-OH is 1. The number of hydrogen-bond acceptors (Lipinski definition) is 5. The number of pyridine rings is 1. The summed E-state index contributed by atoms with van der Waals surface area (Å²) < 4.78 is 1.79. The molecule has 1 aliphatic heterocycles. The van der Waals surface area contributed by atoms with Gasteiger partial charge in [0.15, 0.2) is 0 Å². The van der Waals surface area contributed by atoms with E-state index in [2.05, 4.69) is 15.3 Å². The topological polar surface area (TPSA) is 84.1 Å². The van der Waals surface area contributed by atoms with E-state index >= 15 is 0 Å². The summed E-state index contributed by atoms with van der Waals surface area (Å²) in [4.78, 5) is 18.6. The van der Waals surface area contributed by atoms with Gasteiger partial charge >= 0.3 is 0 Å². The molecular formula is C17H23N5O2. The summed E-state index contributed by atoms with van der Waals surface area (Å²) in [6.07, 6.45) is 4.72. The number of likely N-dealkylation sites (tertiary alicyclic amines) is 1. The number of amides is 1. The zero-order chi connectivity index (χ0) is 17.1. The molecule has 7 heteroatoms. The maximum atomic E-state index is 12.5. The third kappa shape index (κ3) is 3.79. The molecule has 1 aliphatic rings. The van der Waals surface area contributed by atoms with Crippen LogP contribution in [0.15, 0.2) is 24.5 Å². The lowest BCUT2D eigenvalue weighted by Crippen LogP contribution is -2.39. The summed E-state index contributed by atoms with van der Waals surface area (Å²) in [5, 5.41) is 17.5. The normalized spacial score (nSPS) is 17.0. The van der Waals surface area contributed by atoms with Crippen LogP contribution in [0.5, 0.6) is 0 Å².